The standard InChI is InChI=1S/C18H21N/c19-14-17(8-4-9-17)18-11-16(12-18,13-18)10-7-15-5-2-1-3-6-15/h1-3,5-6H,4,7-13H2. The number of nitrogens with zero attached hydrogens (tertiary/aromatic N) is 1. The van der Waals surface area contributed by atoms with Gasteiger partial charge in [0.25, 0.3) is 0 Å². The van der Waals surface area contributed by atoms with Gasteiger partial charge in [-0.15, -0.1) is 0 Å². The molecule has 1 aromatic carbocycles. The Morgan fingerprint density at radius 2 is 1.74 bits per heavy atom. The average molecular weight is 251 g/mol. The predicted octanol–water partition coefficient (Wildman–Crippen LogP) is 4.48. The van der Waals surface area contributed by atoms with Crippen LogP contribution in [-0.2, 0) is 6.42 Å². The van der Waals surface area contributed by atoms with Crippen molar-refractivity contribution < 1.29 is 0 Å². The Kier molecular flexibility index (Phi) is 2.20. The van der Waals surface area contributed by atoms with Crippen LogP contribution in [0.2, 0.25) is 0 Å². The van der Waals surface area contributed by atoms with E-state index in [0.717, 1.165) is 0 Å². The molecule has 4 fully saturated rings. The lowest BCUT2D eigenvalue weighted by molar-refractivity contribution is -0.276. The molecule has 0 amide bonds. The highest BCUT2D eigenvalue weighted by molar-refractivity contribution is 5.30. The molecule has 4 aliphatic rings. The molecule has 2 bridgehead atoms. The fourth-order valence-corrected chi connectivity index (χ4v) is 5.12. The van der Waals surface area contributed by atoms with Crippen LogP contribution < -0.4 is 0 Å². The summed E-state index contributed by atoms with van der Waals surface area (Å²) in [7, 11) is 0. The summed E-state index contributed by atoms with van der Waals surface area (Å²) in [5.74, 6) is 0. The van der Waals surface area contributed by atoms with Crippen LogP contribution in [0.25, 0.3) is 0 Å². The molecule has 1 nitrogen and oxygen atoms in total. The first-order valence-corrected chi connectivity index (χ1v) is 7.67. The van der Waals surface area contributed by atoms with E-state index < -0.39 is 0 Å². The van der Waals surface area contributed by atoms with Crippen LogP contribution in [-0.4, -0.2) is 0 Å². The first kappa shape index (κ1) is 11.5. The molecule has 5 rings (SSSR count). The monoisotopic (exact) mass is 251 g/mol. The van der Waals surface area contributed by atoms with Crippen LogP contribution in [0, 0.1) is 27.6 Å². The molecule has 0 saturated heterocycles. The van der Waals surface area contributed by atoms with Crippen LogP contribution in [0.5, 0.6) is 0 Å². The fraction of sp³-hybridized carbons (Fsp3) is 0.611. The first-order chi connectivity index (χ1) is 9.22. The maximum atomic E-state index is 9.50. The molecule has 0 heterocycles. The largest absolute Gasteiger partial charge is 0.198 e. The molecule has 4 saturated carbocycles. The van der Waals surface area contributed by atoms with Crippen molar-refractivity contribution in [3.05, 3.63) is 35.9 Å². The highest BCUT2D eigenvalue weighted by atomic mass is 14.8. The molecule has 4 aliphatic carbocycles. The Labute approximate surface area is 115 Å². The van der Waals surface area contributed by atoms with Gasteiger partial charge in [-0.1, -0.05) is 36.8 Å². The van der Waals surface area contributed by atoms with Gasteiger partial charge in [-0.25, -0.2) is 0 Å². The van der Waals surface area contributed by atoms with Crippen molar-refractivity contribution in [2.24, 2.45) is 16.2 Å². The average Bonchev–Trinajstić information content (AvgIpc) is 2.30. The third kappa shape index (κ3) is 1.41. The van der Waals surface area contributed by atoms with Gasteiger partial charge >= 0.3 is 0 Å². The molecular formula is C18H21N. The topological polar surface area (TPSA) is 23.8 Å². The zero-order chi connectivity index (χ0) is 13.0. The summed E-state index contributed by atoms with van der Waals surface area (Å²) in [5, 5.41) is 9.50. The number of hydrogen-bond acceptors (Lipinski definition) is 1. The van der Waals surface area contributed by atoms with E-state index in [1.807, 2.05) is 0 Å². The SMILES string of the molecule is N#CC1(C23CC(CCc4ccccc4)(C2)C3)CCC1. The zero-order valence-corrected chi connectivity index (χ0v) is 11.5. The van der Waals surface area contributed by atoms with E-state index in [9.17, 15) is 5.26 Å². The quantitative estimate of drug-likeness (QED) is 0.773. The maximum Gasteiger partial charge on any atom is 0.0695 e. The Morgan fingerprint density at radius 3 is 2.26 bits per heavy atom. The lowest BCUT2D eigenvalue weighted by atomic mass is 9.26. The third-order valence-electron chi connectivity index (χ3n) is 6.36. The lowest BCUT2D eigenvalue weighted by Gasteiger charge is -2.77. The van der Waals surface area contributed by atoms with Gasteiger partial charge in [-0.3, -0.25) is 0 Å². The van der Waals surface area contributed by atoms with Crippen molar-refractivity contribution in [3.63, 3.8) is 0 Å². The molecule has 0 radical (unpaired) electrons. The number of hydrogen-bond donors (Lipinski definition) is 0. The van der Waals surface area contributed by atoms with Crippen molar-refractivity contribution in [3.8, 4) is 6.07 Å². The van der Waals surface area contributed by atoms with Crippen molar-refractivity contribution in [2.75, 3.05) is 0 Å². The smallest absolute Gasteiger partial charge is 0.0695 e. The van der Waals surface area contributed by atoms with Crippen LogP contribution in [0.15, 0.2) is 30.3 Å². The summed E-state index contributed by atoms with van der Waals surface area (Å²) >= 11 is 0. The van der Waals surface area contributed by atoms with Crippen molar-refractivity contribution in [1.29, 1.82) is 5.26 Å². The molecule has 98 valence electrons. The van der Waals surface area contributed by atoms with E-state index in [4.69, 9.17) is 0 Å². The molecule has 19 heavy (non-hydrogen) atoms. The van der Waals surface area contributed by atoms with Crippen LogP contribution >= 0.6 is 0 Å². The van der Waals surface area contributed by atoms with Gasteiger partial charge in [-0.2, -0.15) is 5.26 Å². The minimum atomic E-state index is 0.0987. The van der Waals surface area contributed by atoms with Gasteiger partial charge in [0, 0.05) is 0 Å². The summed E-state index contributed by atoms with van der Waals surface area (Å²) in [6.45, 7) is 0. The number of rotatable bonds is 4. The van der Waals surface area contributed by atoms with Gasteiger partial charge in [0.1, 0.15) is 0 Å². The molecule has 0 atom stereocenters. The molecule has 1 aromatic rings. The molecule has 0 aliphatic heterocycles. The van der Waals surface area contributed by atoms with E-state index >= 15 is 0 Å². The fourth-order valence-electron chi connectivity index (χ4n) is 5.12. The number of benzene rings is 1. The Balaban J connectivity index is 1.37. The third-order valence-corrected chi connectivity index (χ3v) is 6.36. The Hall–Kier alpha value is -1.29. The van der Waals surface area contributed by atoms with Crippen molar-refractivity contribution in [2.45, 2.75) is 51.4 Å². The normalized spacial score (nSPS) is 37.4. The van der Waals surface area contributed by atoms with Crippen LogP contribution in [0.3, 0.4) is 0 Å². The Bertz CT molecular complexity index is 513. The minimum absolute atomic E-state index is 0.0987. The van der Waals surface area contributed by atoms with Gasteiger partial charge in [0.15, 0.2) is 0 Å². The zero-order valence-electron chi connectivity index (χ0n) is 11.5. The highest BCUT2D eigenvalue weighted by Crippen LogP contribution is 2.83. The Morgan fingerprint density at radius 1 is 1.05 bits per heavy atom. The summed E-state index contributed by atoms with van der Waals surface area (Å²) < 4.78 is 0. The molecule has 1 heteroatoms. The summed E-state index contributed by atoms with van der Waals surface area (Å²) in [4.78, 5) is 0. The van der Waals surface area contributed by atoms with Gasteiger partial charge in [0.2, 0.25) is 0 Å². The van der Waals surface area contributed by atoms with Crippen molar-refractivity contribution in [1.82, 2.24) is 0 Å². The molecule has 0 spiro atoms. The maximum absolute atomic E-state index is 9.50. The van der Waals surface area contributed by atoms with E-state index in [0.29, 0.717) is 10.8 Å². The second-order valence-corrected chi connectivity index (χ2v) is 7.34. The summed E-state index contributed by atoms with van der Waals surface area (Å²) in [6, 6.07) is 13.5. The summed E-state index contributed by atoms with van der Waals surface area (Å²) in [6.07, 6.45) is 10.2. The first-order valence-electron chi connectivity index (χ1n) is 7.67. The summed E-state index contributed by atoms with van der Waals surface area (Å²) in [5.41, 5.74) is 2.65. The minimum Gasteiger partial charge on any atom is -0.198 e. The second kappa shape index (κ2) is 3.63. The van der Waals surface area contributed by atoms with Gasteiger partial charge in [-0.05, 0) is 61.3 Å². The molecule has 0 aromatic heterocycles. The van der Waals surface area contributed by atoms with Gasteiger partial charge < -0.3 is 0 Å². The second-order valence-electron chi connectivity index (χ2n) is 7.34. The molecule has 0 N–H and O–H groups in total. The van der Waals surface area contributed by atoms with Crippen LogP contribution in [0.4, 0.5) is 0 Å². The number of nitriles is 1. The molecule has 0 unspecified atom stereocenters. The van der Waals surface area contributed by atoms with Crippen molar-refractivity contribution >= 4 is 0 Å². The van der Waals surface area contributed by atoms with E-state index in [1.54, 1.807) is 0 Å². The predicted molar refractivity (Wildman–Crippen MR) is 75.4 cm³/mol. The number of aryl methyl sites for hydroxylation is 1. The van der Waals surface area contributed by atoms with E-state index in [-0.39, 0.29) is 5.41 Å². The highest BCUT2D eigenvalue weighted by Gasteiger charge is 2.75. The van der Waals surface area contributed by atoms with E-state index in [2.05, 4.69) is 36.4 Å². The van der Waals surface area contributed by atoms with E-state index in [1.165, 1.54) is 56.9 Å². The van der Waals surface area contributed by atoms with Gasteiger partial charge in [0.05, 0.1) is 11.5 Å². The lowest BCUT2D eigenvalue weighted by Crippen LogP contribution is -2.70. The van der Waals surface area contributed by atoms with Crippen LogP contribution in [0.1, 0.15) is 50.5 Å². The molecular weight excluding hydrogens is 230 g/mol.